The summed E-state index contributed by atoms with van der Waals surface area (Å²) < 4.78 is 0. The molecule has 0 saturated heterocycles. The molecule has 92 valence electrons. The van der Waals surface area contributed by atoms with Gasteiger partial charge in [-0.2, -0.15) is 5.26 Å². The highest BCUT2D eigenvalue weighted by Crippen LogP contribution is 2.19. The Morgan fingerprint density at radius 2 is 2.06 bits per heavy atom. The normalized spacial score (nSPS) is 9.83. The van der Waals surface area contributed by atoms with Gasteiger partial charge < -0.3 is 10.2 Å². The first kappa shape index (κ1) is 12.3. The molecule has 0 saturated carbocycles. The van der Waals surface area contributed by atoms with Gasteiger partial charge in [-0.3, -0.25) is 0 Å². The van der Waals surface area contributed by atoms with Crippen LogP contribution < -0.4 is 10.2 Å². The first-order valence-corrected chi connectivity index (χ1v) is 6.26. The van der Waals surface area contributed by atoms with Crippen LogP contribution in [0.5, 0.6) is 0 Å². The summed E-state index contributed by atoms with van der Waals surface area (Å²) in [6.45, 7) is 0.700. The molecule has 6 heteroatoms. The summed E-state index contributed by atoms with van der Waals surface area (Å²) in [7, 11) is 3.82. The molecular weight excluding hydrogens is 246 g/mol. The number of nitrogens with one attached hydrogen (secondary N) is 1. The molecule has 1 heterocycles. The summed E-state index contributed by atoms with van der Waals surface area (Å²) in [5.74, 6) is 0. The zero-order chi connectivity index (χ0) is 13.0. The molecule has 0 aliphatic rings. The second-order valence-corrected chi connectivity index (χ2v) is 4.83. The van der Waals surface area contributed by atoms with Crippen LogP contribution >= 0.6 is 11.3 Å². The second-order valence-electron chi connectivity index (χ2n) is 3.77. The van der Waals surface area contributed by atoms with Crippen molar-refractivity contribution in [2.24, 2.45) is 0 Å². The van der Waals surface area contributed by atoms with Gasteiger partial charge in [-0.1, -0.05) is 11.3 Å². The standard InChI is InChI=1S/C12H13N5S/c1-14-12-16-15-11(18-12)8-17(2)10-5-3-9(7-13)4-6-10/h3-6H,8H2,1-2H3,(H,14,16). The van der Waals surface area contributed by atoms with Gasteiger partial charge in [-0.15, -0.1) is 10.2 Å². The van der Waals surface area contributed by atoms with Gasteiger partial charge in [-0.25, -0.2) is 0 Å². The van der Waals surface area contributed by atoms with E-state index in [0.717, 1.165) is 15.8 Å². The molecule has 1 N–H and O–H groups in total. The van der Waals surface area contributed by atoms with Crippen molar-refractivity contribution in [3.05, 3.63) is 34.8 Å². The molecule has 2 rings (SSSR count). The van der Waals surface area contributed by atoms with Crippen molar-refractivity contribution in [2.45, 2.75) is 6.54 Å². The number of aromatic nitrogens is 2. The zero-order valence-corrected chi connectivity index (χ0v) is 11.0. The van der Waals surface area contributed by atoms with E-state index in [-0.39, 0.29) is 0 Å². The van der Waals surface area contributed by atoms with Crippen LogP contribution in [0.15, 0.2) is 24.3 Å². The van der Waals surface area contributed by atoms with Gasteiger partial charge in [0.15, 0.2) is 0 Å². The largest absolute Gasteiger partial charge is 0.368 e. The summed E-state index contributed by atoms with van der Waals surface area (Å²) in [6, 6.07) is 9.59. The Labute approximate surface area is 110 Å². The summed E-state index contributed by atoms with van der Waals surface area (Å²) in [5.41, 5.74) is 1.72. The first-order valence-electron chi connectivity index (χ1n) is 5.44. The van der Waals surface area contributed by atoms with E-state index in [1.807, 2.05) is 38.4 Å². The average molecular weight is 259 g/mol. The maximum absolute atomic E-state index is 8.75. The molecule has 0 fully saturated rings. The summed E-state index contributed by atoms with van der Waals surface area (Å²) in [4.78, 5) is 2.07. The third-order valence-electron chi connectivity index (χ3n) is 2.49. The van der Waals surface area contributed by atoms with Gasteiger partial charge in [0.1, 0.15) is 5.01 Å². The van der Waals surface area contributed by atoms with E-state index < -0.39 is 0 Å². The Balaban J connectivity index is 2.06. The SMILES string of the molecule is CNc1nnc(CN(C)c2ccc(C#N)cc2)s1. The topological polar surface area (TPSA) is 64.8 Å². The quantitative estimate of drug-likeness (QED) is 0.910. The first-order chi connectivity index (χ1) is 8.72. The van der Waals surface area contributed by atoms with E-state index >= 15 is 0 Å². The van der Waals surface area contributed by atoms with Crippen molar-refractivity contribution in [3.63, 3.8) is 0 Å². The number of anilines is 2. The van der Waals surface area contributed by atoms with Crippen LogP contribution in [0.1, 0.15) is 10.6 Å². The molecule has 18 heavy (non-hydrogen) atoms. The molecule has 1 aromatic heterocycles. The van der Waals surface area contributed by atoms with Gasteiger partial charge >= 0.3 is 0 Å². The molecule has 5 nitrogen and oxygen atoms in total. The highest BCUT2D eigenvalue weighted by molar-refractivity contribution is 7.15. The van der Waals surface area contributed by atoms with Crippen LogP contribution in [0.2, 0.25) is 0 Å². The number of hydrogen-bond acceptors (Lipinski definition) is 6. The van der Waals surface area contributed by atoms with Gasteiger partial charge in [-0.05, 0) is 24.3 Å². The van der Waals surface area contributed by atoms with Crippen molar-refractivity contribution in [1.82, 2.24) is 10.2 Å². The van der Waals surface area contributed by atoms with Crippen molar-refractivity contribution < 1.29 is 0 Å². The highest BCUT2D eigenvalue weighted by atomic mass is 32.1. The monoisotopic (exact) mass is 259 g/mol. The molecule has 1 aromatic carbocycles. The lowest BCUT2D eigenvalue weighted by Gasteiger charge is -2.17. The lowest BCUT2D eigenvalue weighted by molar-refractivity contribution is 0.881. The fraction of sp³-hybridized carbons (Fsp3) is 0.250. The lowest BCUT2D eigenvalue weighted by Crippen LogP contribution is -2.16. The minimum Gasteiger partial charge on any atom is -0.368 e. The molecule has 0 atom stereocenters. The van der Waals surface area contributed by atoms with Crippen LogP contribution in [0, 0.1) is 11.3 Å². The van der Waals surface area contributed by atoms with Gasteiger partial charge in [0.05, 0.1) is 18.2 Å². The zero-order valence-electron chi connectivity index (χ0n) is 10.2. The van der Waals surface area contributed by atoms with E-state index in [4.69, 9.17) is 5.26 Å². The number of benzene rings is 1. The lowest BCUT2D eigenvalue weighted by atomic mass is 10.2. The Bertz CT molecular complexity index is 555. The van der Waals surface area contributed by atoms with E-state index in [1.54, 1.807) is 0 Å². The van der Waals surface area contributed by atoms with Crippen molar-refractivity contribution in [3.8, 4) is 6.07 Å². The molecular formula is C12H13N5S. The summed E-state index contributed by atoms with van der Waals surface area (Å²) in [6.07, 6.45) is 0. The van der Waals surface area contributed by atoms with E-state index in [0.29, 0.717) is 12.1 Å². The maximum atomic E-state index is 8.75. The molecule has 0 aliphatic heterocycles. The third kappa shape index (κ3) is 2.76. The predicted molar refractivity (Wildman–Crippen MR) is 72.7 cm³/mol. The van der Waals surface area contributed by atoms with Crippen LogP contribution in [0.4, 0.5) is 10.8 Å². The third-order valence-corrected chi connectivity index (χ3v) is 3.42. The minimum atomic E-state index is 0.667. The fourth-order valence-corrected chi connectivity index (χ4v) is 2.25. The molecule has 0 radical (unpaired) electrons. The second kappa shape index (κ2) is 5.47. The molecule has 0 amide bonds. The molecule has 0 unspecified atom stereocenters. The van der Waals surface area contributed by atoms with E-state index in [2.05, 4.69) is 26.5 Å². The molecule has 2 aromatic rings. The van der Waals surface area contributed by atoms with E-state index in [1.165, 1.54) is 11.3 Å². The smallest absolute Gasteiger partial charge is 0.205 e. The van der Waals surface area contributed by atoms with Crippen molar-refractivity contribution >= 4 is 22.2 Å². The molecule has 0 spiro atoms. The number of nitrogens with zero attached hydrogens (tertiary/aromatic N) is 4. The van der Waals surface area contributed by atoms with Gasteiger partial charge in [0.2, 0.25) is 5.13 Å². The molecule has 0 aliphatic carbocycles. The molecule has 0 bridgehead atoms. The number of nitriles is 1. The number of rotatable bonds is 4. The summed E-state index contributed by atoms with van der Waals surface area (Å²) in [5, 5.41) is 21.6. The Hall–Kier alpha value is -2.13. The van der Waals surface area contributed by atoms with Crippen LogP contribution in [0.25, 0.3) is 0 Å². The Morgan fingerprint density at radius 1 is 1.33 bits per heavy atom. The van der Waals surface area contributed by atoms with Crippen LogP contribution in [0.3, 0.4) is 0 Å². The van der Waals surface area contributed by atoms with E-state index in [9.17, 15) is 0 Å². The predicted octanol–water partition coefficient (Wildman–Crippen LogP) is 2.09. The number of hydrogen-bond donors (Lipinski definition) is 1. The Kier molecular flexibility index (Phi) is 3.75. The average Bonchev–Trinajstić information content (AvgIpc) is 2.86. The van der Waals surface area contributed by atoms with Crippen LogP contribution in [-0.4, -0.2) is 24.3 Å². The van der Waals surface area contributed by atoms with Gasteiger partial charge in [0, 0.05) is 19.8 Å². The highest BCUT2D eigenvalue weighted by Gasteiger charge is 2.07. The minimum absolute atomic E-state index is 0.667. The summed E-state index contributed by atoms with van der Waals surface area (Å²) >= 11 is 1.54. The van der Waals surface area contributed by atoms with Crippen molar-refractivity contribution in [2.75, 3.05) is 24.3 Å². The van der Waals surface area contributed by atoms with Crippen LogP contribution in [-0.2, 0) is 6.54 Å². The maximum Gasteiger partial charge on any atom is 0.205 e. The Morgan fingerprint density at radius 3 is 2.61 bits per heavy atom. The van der Waals surface area contributed by atoms with Gasteiger partial charge in [0.25, 0.3) is 0 Å². The van der Waals surface area contributed by atoms with Crippen molar-refractivity contribution in [1.29, 1.82) is 5.26 Å². The fourth-order valence-electron chi connectivity index (χ4n) is 1.50.